The van der Waals surface area contributed by atoms with Crippen LogP contribution in [0.5, 0.6) is 0 Å². The van der Waals surface area contributed by atoms with Gasteiger partial charge in [0.1, 0.15) is 5.82 Å². The van der Waals surface area contributed by atoms with E-state index in [1.54, 1.807) is 23.9 Å². The number of halogens is 2. The van der Waals surface area contributed by atoms with E-state index in [4.69, 9.17) is 0 Å². The summed E-state index contributed by atoms with van der Waals surface area (Å²) in [7, 11) is 1.78. The topological polar surface area (TPSA) is 54.2 Å². The Balaban J connectivity index is 0.00000338. The molecule has 7 heteroatoms. The maximum Gasteiger partial charge on any atom is 0.190 e. The summed E-state index contributed by atoms with van der Waals surface area (Å²) in [6.07, 6.45) is 5.04. The van der Waals surface area contributed by atoms with Crippen molar-refractivity contribution in [2.45, 2.75) is 33.1 Å². The van der Waals surface area contributed by atoms with Gasteiger partial charge in [0.15, 0.2) is 5.96 Å². The van der Waals surface area contributed by atoms with Crippen molar-refractivity contribution in [2.24, 2.45) is 10.9 Å². The van der Waals surface area contributed by atoms with E-state index in [2.05, 4.69) is 34.6 Å². The molecule has 0 saturated carbocycles. The molecule has 0 spiro atoms. The number of hydrogen-bond donors (Lipinski definition) is 2. The molecule has 26 heavy (non-hydrogen) atoms. The highest BCUT2D eigenvalue weighted by Gasteiger charge is 2.03. The lowest BCUT2D eigenvalue weighted by Crippen LogP contribution is -2.38. The number of nitrogens with zero attached hydrogens (tertiary/aromatic N) is 3. The Morgan fingerprint density at radius 1 is 1.15 bits per heavy atom. The van der Waals surface area contributed by atoms with Crippen LogP contribution in [0.15, 0.2) is 41.5 Å². The molecule has 5 nitrogen and oxygen atoms in total. The monoisotopic (exact) mass is 473 g/mol. The maximum atomic E-state index is 13.0. The molecular weight excluding hydrogens is 444 g/mol. The Bertz CT molecular complexity index is 667. The molecule has 2 rings (SSSR count). The van der Waals surface area contributed by atoms with Gasteiger partial charge in [-0.2, -0.15) is 5.10 Å². The first-order valence-electron chi connectivity index (χ1n) is 8.83. The lowest BCUT2D eigenvalue weighted by Gasteiger charge is -2.12. The zero-order valence-electron chi connectivity index (χ0n) is 15.7. The predicted octanol–water partition coefficient (Wildman–Crippen LogP) is 3.77. The van der Waals surface area contributed by atoms with Crippen molar-refractivity contribution in [1.82, 2.24) is 20.4 Å². The smallest absolute Gasteiger partial charge is 0.190 e. The summed E-state index contributed by atoms with van der Waals surface area (Å²) in [5, 5.41) is 11.1. The minimum atomic E-state index is -0.243. The highest BCUT2D eigenvalue weighted by atomic mass is 127. The Morgan fingerprint density at radius 3 is 2.50 bits per heavy atom. The van der Waals surface area contributed by atoms with Crippen molar-refractivity contribution in [1.29, 1.82) is 0 Å². The normalized spacial score (nSPS) is 11.3. The molecule has 0 bridgehead atoms. The van der Waals surface area contributed by atoms with Gasteiger partial charge in [-0.1, -0.05) is 13.8 Å². The number of hydrogen-bond acceptors (Lipinski definition) is 2. The molecule has 0 fully saturated rings. The third-order valence-corrected chi connectivity index (χ3v) is 3.88. The number of aromatic nitrogens is 2. The Hall–Kier alpha value is -1.64. The van der Waals surface area contributed by atoms with Crippen LogP contribution in [0.3, 0.4) is 0 Å². The van der Waals surface area contributed by atoms with E-state index in [-0.39, 0.29) is 29.8 Å². The molecule has 0 unspecified atom stereocenters. The van der Waals surface area contributed by atoms with Crippen LogP contribution >= 0.6 is 24.0 Å². The summed E-state index contributed by atoms with van der Waals surface area (Å²) in [5.41, 5.74) is 1.83. The Morgan fingerprint density at radius 2 is 1.85 bits per heavy atom. The lowest BCUT2D eigenvalue weighted by molar-refractivity contribution is 0.549. The summed E-state index contributed by atoms with van der Waals surface area (Å²) >= 11 is 0. The third kappa shape index (κ3) is 7.72. The summed E-state index contributed by atoms with van der Waals surface area (Å²) in [6.45, 7) is 6.15. The van der Waals surface area contributed by atoms with Gasteiger partial charge in [0.2, 0.25) is 0 Å². The van der Waals surface area contributed by atoms with E-state index in [0.717, 1.165) is 49.2 Å². The standard InChI is InChI=1S/C19H28FN5.HI/c1-15(2)5-4-12-22-19(21-3)23-13-10-17-11-14-25(24-17)18-8-6-16(20)7-9-18;/h6-9,11,14-15H,4-5,10,12-13H2,1-3H3,(H2,21,22,23);1H. The average Bonchev–Trinajstić information content (AvgIpc) is 3.06. The molecule has 0 atom stereocenters. The Labute approximate surface area is 172 Å². The van der Waals surface area contributed by atoms with Gasteiger partial charge < -0.3 is 10.6 Å². The first-order valence-corrected chi connectivity index (χ1v) is 8.83. The number of aliphatic imine (C=N–C) groups is 1. The molecule has 0 aliphatic heterocycles. The van der Waals surface area contributed by atoms with E-state index < -0.39 is 0 Å². The molecular formula is C19H29FIN5. The van der Waals surface area contributed by atoms with E-state index in [9.17, 15) is 4.39 Å². The second kappa shape index (κ2) is 11.9. The molecule has 0 saturated heterocycles. The molecule has 144 valence electrons. The second-order valence-electron chi connectivity index (χ2n) is 6.44. The van der Waals surface area contributed by atoms with E-state index >= 15 is 0 Å². The van der Waals surface area contributed by atoms with Crippen LogP contribution < -0.4 is 10.6 Å². The zero-order valence-corrected chi connectivity index (χ0v) is 18.0. The van der Waals surface area contributed by atoms with E-state index in [1.165, 1.54) is 18.6 Å². The van der Waals surface area contributed by atoms with Crippen LogP contribution in [-0.4, -0.2) is 35.9 Å². The van der Waals surface area contributed by atoms with Crippen LogP contribution in [-0.2, 0) is 6.42 Å². The van der Waals surface area contributed by atoms with Crippen molar-refractivity contribution in [3.05, 3.63) is 48.0 Å². The summed E-state index contributed by atoms with van der Waals surface area (Å²) < 4.78 is 14.7. The minimum Gasteiger partial charge on any atom is -0.356 e. The number of nitrogens with one attached hydrogen (secondary N) is 2. The van der Waals surface area contributed by atoms with Crippen molar-refractivity contribution >= 4 is 29.9 Å². The van der Waals surface area contributed by atoms with Crippen molar-refractivity contribution in [2.75, 3.05) is 20.1 Å². The molecule has 0 aliphatic carbocycles. The maximum absolute atomic E-state index is 13.0. The quantitative estimate of drug-likeness (QED) is 0.266. The van der Waals surface area contributed by atoms with Gasteiger partial charge in [-0.3, -0.25) is 4.99 Å². The van der Waals surface area contributed by atoms with Crippen LogP contribution in [0.2, 0.25) is 0 Å². The molecule has 1 aromatic carbocycles. The van der Waals surface area contributed by atoms with E-state index in [1.807, 2.05) is 12.3 Å². The minimum absolute atomic E-state index is 0. The largest absolute Gasteiger partial charge is 0.356 e. The number of guanidine groups is 1. The van der Waals surface area contributed by atoms with Gasteiger partial charge in [0.05, 0.1) is 11.4 Å². The van der Waals surface area contributed by atoms with Crippen molar-refractivity contribution < 1.29 is 4.39 Å². The molecule has 0 aliphatic rings. The Kier molecular flexibility index (Phi) is 10.2. The van der Waals surface area contributed by atoms with Crippen LogP contribution in [0.25, 0.3) is 5.69 Å². The molecule has 2 N–H and O–H groups in total. The van der Waals surface area contributed by atoms with Crippen LogP contribution in [0.4, 0.5) is 4.39 Å². The van der Waals surface area contributed by atoms with Gasteiger partial charge >= 0.3 is 0 Å². The average molecular weight is 473 g/mol. The van der Waals surface area contributed by atoms with Gasteiger partial charge in [0, 0.05) is 32.8 Å². The molecule has 2 aromatic rings. The highest BCUT2D eigenvalue weighted by Crippen LogP contribution is 2.09. The first kappa shape index (κ1) is 22.4. The molecule has 0 radical (unpaired) electrons. The fourth-order valence-electron chi connectivity index (χ4n) is 2.48. The predicted molar refractivity (Wildman–Crippen MR) is 116 cm³/mol. The van der Waals surface area contributed by atoms with Crippen LogP contribution in [0, 0.1) is 11.7 Å². The van der Waals surface area contributed by atoms with E-state index in [0.29, 0.717) is 0 Å². The third-order valence-electron chi connectivity index (χ3n) is 3.88. The van der Waals surface area contributed by atoms with Gasteiger partial charge in [-0.15, -0.1) is 24.0 Å². The molecule has 1 heterocycles. The van der Waals surface area contributed by atoms with Crippen molar-refractivity contribution in [3.8, 4) is 5.69 Å². The van der Waals surface area contributed by atoms with Crippen LogP contribution in [0.1, 0.15) is 32.4 Å². The first-order chi connectivity index (χ1) is 12.1. The fourth-order valence-corrected chi connectivity index (χ4v) is 2.48. The number of benzene rings is 1. The summed E-state index contributed by atoms with van der Waals surface area (Å²) in [6, 6.07) is 8.28. The van der Waals surface area contributed by atoms with Gasteiger partial charge in [-0.25, -0.2) is 9.07 Å². The lowest BCUT2D eigenvalue weighted by atomic mass is 10.1. The van der Waals surface area contributed by atoms with Crippen molar-refractivity contribution in [3.63, 3.8) is 0 Å². The summed E-state index contributed by atoms with van der Waals surface area (Å²) in [4.78, 5) is 4.23. The van der Waals surface area contributed by atoms with Gasteiger partial charge in [-0.05, 0) is 49.1 Å². The molecule has 0 amide bonds. The molecule has 1 aromatic heterocycles. The van der Waals surface area contributed by atoms with Gasteiger partial charge in [0.25, 0.3) is 0 Å². The fraction of sp³-hybridized carbons (Fsp3) is 0.474. The summed E-state index contributed by atoms with van der Waals surface area (Å²) in [5.74, 6) is 1.31. The number of rotatable bonds is 8. The second-order valence-corrected chi connectivity index (χ2v) is 6.44. The highest BCUT2D eigenvalue weighted by molar-refractivity contribution is 14.0. The zero-order chi connectivity index (χ0) is 18.1. The SMILES string of the molecule is CN=C(NCCCC(C)C)NCCc1ccn(-c2ccc(F)cc2)n1.I.